The normalized spacial score (nSPS) is 21.5. The van der Waals surface area contributed by atoms with Gasteiger partial charge in [0.25, 0.3) is 0 Å². The fraction of sp³-hybridized carbons (Fsp3) is 1.00. The van der Waals surface area contributed by atoms with Crippen molar-refractivity contribution in [3.8, 4) is 0 Å². The lowest BCUT2D eigenvalue weighted by Crippen LogP contribution is -2.51. The van der Waals surface area contributed by atoms with Crippen molar-refractivity contribution in [2.75, 3.05) is 66.1 Å². The van der Waals surface area contributed by atoms with Gasteiger partial charge in [-0.2, -0.15) is 0 Å². The zero-order valence-corrected chi connectivity index (χ0v) is 16.6. The minimum Gasteiger partial charge on any atom is -0.394 e. The van der Waals surface area contributed by atoms with Gasteiger partial charge in [0.2, 0.25) is 0 Å². The molecule has 0 bridgehead atoms. The summed E-state index contributed by atoms with van der Waals surface area (Å²) in [6.07, 6.45) is -0.206. The van der Waals surface area contributed by atoms with Gasteiger partial charge in [0.1, 0.15) is 0 Å². The molecule has 26 heavy (non-hydrogen) atoms. The zero-order chi connectivity index (χ0) is 19.5. The highest BCUT2D eigenvalue weighted by Gasteiger charge is 2.41. The van der Waals surface area contributed by atoms with Gasteiger partial charge in [-0.1, -0.05) is 0 Å². The molecule has 0 aromatic heterocycles. The summed E-state index contributed by atoms with van der Waals surface area (Å²) >= 11 is 0. The van der Waals surface area contributed by atoms with Crippen molar-refractivity contribution < 1.29 is 38.6 Å². The summed E-state index contributed by atoms with van der Waals surface area (Å²) in [5.41, 5.74) is -0.400. The molecule has 2 unspecified atom stereocenters. The molecule has 0 aliphatic carbocycles. The van der Waals surface area contributed by atoms with E-state index in [2.05, 4.69) is 0 Å². The van der Waals surface area contributed by atoms with Crippen molar-refractivity contribution >= 4 is 0 Å². The molecule has 1 fully saturated rings. The van der Waals surface area contributed by atoms with Crippen LogP contribution in [0.5, 0.6) is 0 Å². The highest BCUT2D eigenvalue weighted by atomic mass is 16.7. The first-order valence-electron chi connectivity index (χ1n) is 9.21. The summed E-state index contributed by atoms with van der Waals surface area (Å²) < 4.78 is 34.0. The highest BCUT2D eigenvalue weighted by molar-refractivity contribution is 4.84. The van der Waals surface area contributed by atoms with E-state index in [9.17, 15) is 0 Å². The molecule has 0 saturated carbocycles. The van der Waals surface area contributed by atoms with Crippen LogP contribution in [-0.4, -0.2) is 94.3 Å². The molecule has 8 nitrogen and oxygen atoms in total. The Balaban J connectivity index is 2.44. The van der Waals surface area contributed by atoms with Gasteiger partial charge in [0.15, 0.2) is 5.79 Å². The molecule has 1 rings (SSSR count). The first-order chi connectivity index (χ1) is 12.3. The van der Waals surface area contributed by atoms with E-state index in [0.717, 1.165) is 0 Å². The lowest BCUT2D eigenvalue weighted by molar-refractivity contribution is -0.299. The van der Waals surface area contributed by atoms with E-state index in [-0.39, 0.29) is 25.4 Å². The maximum Gasteiger partial charge on any atom is 0.162 e. The molecule has 2 atom stereocenters. The fourth-order valence-corrected chi connectivity index (χ4v) is 2.43. The van der Waals surface area contributed by atoms with Crippen LogP contribution in [0.15, 0.2) is 0 Å². The van der Waals surface area contributed by atoms with Crippen molar-refractivity contribution in [2.45, 2.75) is 45.7 Å². The molecule has 0 radical (unpaired) electrons. The summed E-state index contributed by atoms with van der Waals surface area (Å²) in [5.74, 6) is -0.613. The number of ether oxygens (including phenoxy) is 6. The van der Waals surface area contributed by atoms with E-state index in [4.69, 9.17) is 38.6 Å². The molecule has 0 aromatic carbocycles. The van der Waals surface area contributed by atoms with Gasteiger partial charge in [-0.3, -0.25) is 0 Å². The van der Waals surface area contributed by atoms with Gasteiger partial charge in [-0.05, 0) is 27.7 Å². The van der Waals surface area contributed by atoms with E-state index in [1.165, 1.54) is 0 Å². The van der Waals surface area contributed by atoms with Crippen LogP contribution in [0, 0.1) is 5.41 Å². The van der Waals surface area contributed by atoms with Crippen LogP contribution < -0.4 is 0 Å². The zero-order valence-electron chi connectivity index (χ0n) is 16.6. The van der Waals surface area contributed by atoms with E-state index in [1.807, 2.05) is 27.7 Å². The van der Waals surface area contributed by atoms with Crippen molar-refractivity contribution in [1.29, 1.82) is 0 Å². The molecule has 156 valence electrons. The second-order valence-corrected chi connectivity index (χ2v) is 7.32. The van der Waals surface area contributed by atoms with Crippen molar-refractivity contribution in [3.05, 3.63) is 0 Å². The van der Waals surface area contributed by atoms with Gasteiger partial charge < -0.3 is 38.6 Å². The summed E-state index contributed by atoms with van der Waals surface area (Å²) in [6.45, 7) is 10.8. The van der Waals surface area contributed by atoms with Gasteiger partial charge in [0.05, 0.1) is 83.7 Å². The van der Waals surface area contributed by atoms with Gasteiger partial charge >= 0.3 is 0 Å². The number of aliphatic hydroxyl groups excluding tert-OH is 2. The fourth-order valence-electron chi connectivity index (χ4n) is 2.43. The molecule has 1 heterocycles. The van der Waals surface area contributed by atoms with Crippen LogP contribution in [0.2, 0.25) is 0 Å². The first kappa shape index (κ1) is 23.7. The van der Waals surface area contributed by atoms with Crippen LogP contribution in [0.1, 0.15) is 27.7 Å². The summed E-state index contributed by atoms with van der Waals surface area (Å²) in [6, 6.07) is 0. The Hall–Kier alpha value is -0.320. The van der Waals surface area contributed by atoms with Gasteiger partial charge in [-0.25, -0.2) is 0 Å². The van der Waals surface area contributed by atoms with Gasteiger partial charge in [0, 0.05) is 0 Å². The quantitative estimate of drug-likeness (QED) is 0.452. The predicted octanol–water partition coefficient (Wildman–Crippen LogP) is 0.584. The summed E-state index contributed by atoms with van der Waals surface area (Å²) in [7, 11) is 0. The number of hydrogen-bond acceptors (Lipinski definition) is 8. The lowest BCUT2D eigenvalue weighted by atomic mass is 9.91. The Morgan fingerprint density at radius 1 is 0.846 bits per heavy atom. The molecule has 1 aliphatic heterocycles. The molecular formula is C18H36O8. The molecule has 0 spiro atoms. The first-order valence-corrected chi connectivity index (χ1v) is 9.21. The third-order valence-electron chi connectivity index (χ3n) is 3.96. The largest absolute Gasteiger partial charge is 0.394 e. The minimum absolute atomic E-state index is 0.00455. The van der Waals surface area contributed by atoms with E-state index in [0.29, 0.717) is 52.9 Å². The molecule has 0 amide bonds. The van der Waals surface area contributed by atoms with Crippen molar-refractivity contribution in [1.82, 2.24) is 0 Å². The number of hydrogen-bond donors (Lipinski definition) is 2. The number of rotatable bonds is 14. The smallest absolute Gasteiger partial charge is 0.162 e. The van der Waals surface area contributed by atoms with Crippen LogP contribution in [0.3, 0.4) is 0 Å². The second kappa shape index (κ2) is 12.2. The van der Waals surface area contributed by atoms with E-state index in [1.54, 1.807) is 0 Å². The Morgan fingerprint density at radius 3 is 1.65 bits per heavy atom. The molecule has 2 N–H and O–H groups in total. The summed E-state index contributed by atoms with van der Waals surface area (Å²) in [4.78, 5) is 0. The third-order valence-corrected chi connectivity index (χ3v) is 3.96. The topological polar surface area (TPSA) is 95.8 Å². The number of aliphatic hydroxyl groups is 2. The van der Waals surface area contributed by atoms with Gasteiger partial charge in [-0.15, -0.1) is 0 Å². The molecule has 1 aliphatic rings. The SMILES string of the molecule is CC(COCC1(COCC(C)OCCO)COC(C)(C)OC1)OCCO. The Bertz CT molecular complexity index is 331. The standard InChI is InChI=1S/C18H36O8/c1-15(23-7-5-19)9-21-11-18(13-25-17(3,4)26-14-18)12-22-10-16(2)24-8-6-20/h15-16,19-20H,5-14H2,1-4H3. The Labute approximate surface area is 156 Å². The average Bonchev–Trinajstić information content (AvgIpc) is 2.60. The maximum atomic E-state index is 8.79. The molecule has 0 aromatic rings. The maximum absolute atomic E-state index is 8.79. The highest BCUT2D eigenvalue weighted by Crippen LogP contribution is 2.30. The van der Waals surface area contributed by atoms with E-state index >= 15 is 0 Å². The predicted molar refractivity (Wildman–Crippen MR) is 95.1 cm³/mol. The average molecular weight is 380 g/mol. The third kappa shape index (κ3) is 9.57. The molecule has 8 heteroatoms. The van der Waals surface area contributed by atoms with Crippen molar-refractivity contribution in [2.24, 2.45) is 5.41 Å². The van der Waals surface area contributed by atoms with Crippen molar-refractivity contribution in [3.63, 3.8) is 0 Å². The van der Waals surface area contributed by atoms with Crippen LogP contribution in [0.25, 0.3) is 0 Å². The van der Waals surface area contributed by atoms with Crippen LogP contribution >= 0.6 is 0 Å². The molecular weight excluding hydrogens is 344 g/mol. The minimum atomic E-state index is -0.613. The van der Waals surface area contributed by atoms with E-state index < -0.39 is 11.2 Å². The Morgan fingerprint density at radius 2 is 1.27 bits per heavy atom. The summed E-state index contributed by atoms with van der Waals surface area (Å²) in [5, 5.41) is 17.6. The lowest BCUT2D eigenvalue weighted by Gasteiger charge is -2.43. The molecule has 1 saturated heterocycles. The van der Waals surface area contributed by atoms with Crippen LogP contribution in [-0.2, 0) is 28.4 Å². The monoisotopic (exact) mass is 380 g/mol. The second-order valence-electron chi connectivity index (χ2n) is 7.32. The van der Waals surface area contributed by atoms with Crippen LogP contribution in [0.4, 0.5) is 0 Å². The Kier molecular flexibility index (Phi) is 11.1.